The highest BCUT2D eigenvalue weighted by Crippen LogP contribution is 2.21. The lowest BCUT2D eigenvalue weighted by atomic mass is 10.2. The molecule has 3 nitrogen and oxygen atoms in total. The van der Waals surface area contributed by atoms with Gasteiger partial charge in [0.15, 0.2) is 0 Å². The number of allylic oxidation sites excluding steroid dienone is 1. The molecule has 94 valence electrons. The van der Waals surface area contributed by atoms with Crippen LogP contribution < -0.4 is 4.74 Å². The maximum absolute atomic E-state index is 5.24. The molecule has 0 spiro atoms. The van der Waals surface area contributed by atoms with Crippen molar-refractivity contribution in [2.75, 3.05) is 7.11 Å². The highest BCUT2D eigenvalue weighted by molar-refractivity contribution is 9.10. The predicted molar refractivity (Wildman–Crippen MR) is 77.1 cm³/mol. The van der Waals surface area contributed by atoms with Crippen molar-refractivity contribution >= 4 is 22.0 Å². The van der Waals surface area contributed by atoms with Crippen LogP contribution in [-0.4, -0.2) is 16.9 Å². The summed E-state index contributed by atoms with van der Waals surface area (Å²) >= 11 is 3.41. The van der Waals surface area contributed by atoms with Crippen molar-refractivity contribution < 1.29 is 4.74 Å². The van der Waals surface area contributed by atoms with Crippen LogP contribution in [0.4, 0.5) is 0 Å². The molecule has 0 atom stereocenters. The summed E-state index contributed by atoms with van der Waals surface area (Å²) in [5.74, 6) is 0.822. The van der Waals surface area contributed by atoms with Gasteiger partial charge in [0.1, 0.15) is 10.4 Å². The molecular formula is C14H15BrN2O. The zero-order valence-electron chi connectivity index (χ0n) is 10.6. The van der Waals surface area contributed by atoms with E-state index in [-0.39, 0.29) is 0 Å². The third-order valence-corrected chi connectivity index (χ3v) is 2.83. The molecular weight excluding hydrogens is 292 g/mol. The molecule has 0 N–H and O–H groups in total. The largest absolute Gasteiger partial charge is 0.497 e. The highest BCUT2D eigenvalue weighted by atomic mass is 79.9. The zero-order chi connectivity index (χ0) is 13.1. The van der Waals surface area contributed by atoms with E-state index in [2.05, 4.69) is 41.0 Å². The summed E-state index contributed by atoms with van der Waals surface area (Å²) in [6, 6.07) is 9.83. The van der Waals surface area contributed by atoms with Gasteiger partial charge in [0, 0.05) is 6.07 Å². The lowest BCUT2D eigenvalue weighted by Gasteiger charge is -2.07. The number of benzene rings is 1. The number of halogens is 1. The zero-order valence-corrected chi connectivity index (χ0v) is 12.2. The first-order valence-corrected chi connectivity index (χ1v) is 6.44. The molecule has 0 saturated carbocycles. The molecule has 0 aliphatic carbocycles. The number of aromatic nitrogens is 2. The lowest BCUT2D eigenvalue weighted by Crippen LogP contribution is -1.99. The van der Waals surface area contributed by atoms with Crippen LogP contribution in [0.1, 0.15) is 19.5 Å². The third kappa shape index (κ3) is 2.82. The predicted octanol–water partition coefficient (Wildman–Crippen LogP) is 4.07. The smallest absolute Gasteiger partial charge is 0.129 e. The van der Waals surface area contributed by atoms with Crippen LogP contribution in [0, 0.1) is 0 Å². The fraction of sp³-hybridized carbons (Fsp3) is 0.214. The Bertz CT molecular complexity index is 583. The molecule has 0 bridgehead atoms. The SMILES string of the molecule is COc1cccc(-n2nc(Br)cc2C=C(C)C)c1. The molecule has 0 radical (unpaired) electrons. The second-order valence-corrected chi connectivity index (χ2v) is 5.04. The van der Waals surface area contributed by atoms with Crippen LogP contribution in [0.3, 0.4) is 0 Å². The standard InChI is InChI=1S/C14H15BrN2O/c1-10(2)7-12-9-14(15)16-17(12)11-5-4-6-13(8-11)18-3/h4-9H,1-3H3. The first-order valence-electron chi connectivity index (χ1n) is 5.65. The Morgan fingerprint density at radius 3 is 2.78 bits per heavy atom. The Morgan fingerprint density at radius 1 is 1.33 bits per heavy atom. The van der Waals surface area contributed by atoms with Gasteiger partial charge in [0.25, 0.3) is 0 Å². The fourth-order valence-electron chi connectivity index (χ4n) is 1.71. The molecule has 0 fully saturated rings. The Hall–Kier alpha value is -1.55. The van der Waals surface area contributed by atoms with Crippen LogP contribution in [0.15, 0.2) is 40.5 Å². The van der Waals surface area contributed by atoms with Crippen LogP contribution >= 0.6 is 15.9 Å². The summed E-state index contributed by atoms with van der Waals surface area (Å²) in [5, 5.41) is 4.44. The van der Waals surface area contributed by atoms with Gasteiger partial charge >= 0.3 is 0 Å². The van der Waals surface area contributed by atoms with Crippen molar-refractivity contribution in [1.29, 1.82) is 0 Å². The molecule has 0 amide bonds. The number of rotatable bonds is 3. The molecule has 0 unspecified atom stereocenters. The summed E-state index contributed by atoms with van der Waals surface area (Å²) in [5.41, 5.74) is 3.24. The quantitative estimate of drug-likeness (QED) is 0.855. The Morgan fingerprint density at radius 2 is 2.11 bits per heavy atom. The second-order valence-electron chi connectivity index (χ2n) is 4.23. The Balaban J connectivity index is 2.52. The van der Waals surface area contributed by atoms with Crippen LogP contribution in [0.25, 0.3) is 11.8 Å². The van der Waals surface area contributed by atoms with E-state index in [9.17, 15) is 0 Å². The molecule has 2 aromatic rings. The van der Waals surface area contributed by atoms with E-state index >= 15 is 0 Å². The number of methoxy groups -OCH3 is 1. The van der Waals surface area contributed by atoms with Gasteiger partial charge in [0.2, 0.25) is 0 Å². The van der Waals surface area contributed by atoms with Gasteiger partial charge in [-0.1, -0.05) is 11.6 Å². The van der Waals surface area contributed by atoms with E-state index in [1.54, 1.807) is 7.11 Å². The summed E-state index contributed by atoms with van der Waals surface area (Å²) in [4.78, 5) is 0. The summed E-state index contributed by atoms with van der Waals surface area (Å²) in [6.45, 7) is 4.13. The van der Waals surface area contributed by atoms with E-state index in [0.717, 1.165) is 21.7 Å². The molecule has 0 aliphatic rings. The maximum atomic E-state index is 5.24. The van der Waals surface area contributed by atoms with E-state index in [1.807, 2.05) is 35.0 Å². The van der Waals surface area contributed by atoms with Gasteiger partial charge in [0.05, 0.1) is 18.5 Å². The Kier molecular flexibility index (Phi) is 3.87. The normalized spacial score (nSPS) is 10.2. The first kappa shape index (κ1) is 12.9. The van der Waals surface area contributed by atoms with Crippen molar-refractivity contribution in [3.8, 4) is 11.4 Å². The lowest BCUT2D eigenvalue weighted by molar-refractivity contribution is 0.414. The average Bonchev–Trinajstić information content (AvgIpc) is 2.69. The van der Waals surface area contributed by atoms with Crippen molar-refractivity contribution in [3.05, 3.63) is 46.2 Å². The number of nitrogens with zero attached hydrogens (tertiary/aromatic N) is 2. The summed E-state index contributed by atoms with van der Waals surface area (Å²) in [6.07, 6.45) is 2.09. The van der Waals surface area contributed by atoms with Crippen LogP contribution in [-0.2, 0) is 0 Å². The average molecular weight is 307 g/mol. The van der Waals surface area contributed by atoms with Gasteiger partial charge < -0.3 is 4.74 Å². The third-order valence-electron chi connectivity index (χ3n) is 2.44. The van der Waals surface area contributed by atoms with Crippen molar-refractivity contribution in [2.24, 2.45) is 0 Å². The van der Waals surface area contributed by atoms with Crippen LogP contribution in [0.2, 0.25) is 0 Å². The van der Waals surface area contributed by atoms with Crippen LogP contribution in [0.5, 0.6) is 5.75 Å². The molecule has 4 heteroatoms. The topological polar surface area (TPSA) is 27.1 Å². The minimum absolute atomic E-state index is 0.817. The molecule has 1 heterocycles. The van der Waals surface area contributed by atoms with Gasteiger partial charge in [-0.05, 0) is 54.1 Å². The highest BCUT2D eigenvalue weighted by Gasteiger charge is 2.07. The monoisotopic (exact) mass is 306 g/mol. The first-order chi connectivity index (χ1) is 8.60. The molecule has 0 saturated heterocycles. The summed E-state index contributed by atoms with van der Waals surface area (Å²) < 4.78 is 7.94. The summed E-state index contributed by atoms with van der Waals surface area (Å²) in [7, 11) is 1.66. The van der Waals surface area contributed by atoms with Gasteiger partial charge in [-0.3, -0.25) is 0 Å². The molecule has 1 aromatic heterocycles. The fourth-order valence-corrected chi connectivity index (χ4v) is 2.11. The number of hydrogen-bond acceptors (Lipinski definition) is 2. The van der Waals surface area contributed by atoms with Crippen molar-refractivity contribution in [3.63, 3.8) is 0 Å². The number of ether oxygens (including phenoxy) is 1. The van der Waals surface area contributed by atoms with Crippen molar-refractivity contribution in [1.82, 2.24) is 9.78 Å². The van der Waals surface area contributed by atoms with Crippen molar-refractivity contribution in [2.45, 2.75) is 13.8 Å². The minimum atomic E-state index is 0.817. The number of hydrogen-bond donors (Lipinski definition) is 0. The molecule has 0 aliphatic heterocycles. The maximum Gasteiger partial charge on any atom is 0.129 e. The molecule has 1 aromatic carbocycles. The van der Waals surface area contributed by atoms with E-state index in [0.29, 0.717) is 0 Å². The van der Waals surface area contributed by atoms with E-state index < -0.39 is 0 Å². The van der Waals surface area contributed by atoms with Gasteiger partial charge in [-0.15, -0.1) is 0 Å². The van der Waals surface area contributed by atoms with Gasteiger partial charge in [-0.25, -0.2) is 4.68 Å². The molecule has 18 heavy (non-hydrogen) atoms. The van der Waals surface area contributed by atoms with E-state index in [4.69, 9.17) is 4.74 Å². The second kappa shape index (κ2) is 5.40. The minimum Gasteiger partial charge on any atom is -0.497 e. The Labute approximate surface area is 115 Å². The van der Waals surface area contributed by atoms with E-state index in [1.165, 1.54) is 5.57 Å². The van der Waals surface area contributed by atoms with Gasteiger partial charge in [-0.2, -0.15) is 5.10 Å². The molecule has 2 rings (SSSR count).